The number of rotatable bonds is 6. The molecule has 0 saturated carbocycles. The number of hydrogen-bond donors (Lipinski definition) is 1. The molecule has 0 heterocycles. The Hall–Kier alpha value is -1.49. The fourth-order valence-electron chi connectivity index (χ4n) is 1.70. The second kappa shape index (κ2) is 6.61. The molecule has 1 aromatic rings. The predicted molar refractivity (Wildman–Crippen MR) is 67.0 cm³/mol. The van der Waals surface area contributed by atoms with E-state index in [1.807, 2.05) is 6.92 Å². The lowest BCUT2D eigenvalue weighted by Gasteiger charge is -2.21. The summed E-state index contributed by atoms with van der Waals surface area (Å²) in [4.78, 5) is 11.1. The van der Waals surface area contributed by atoms with E-state index >= 15 is 0 Å². The largest absolute Gasteiger partial charge is 0.461 e. The van der Waals surface area contributed by atoms with Crippen LogP contribution in [-0.2, 0) is 16.0 Å². The van der Waals surface area contributed by atoms with Crippen molar-refractivity contribution in [2.75, 3.05) is 6.61 Å². The van der Waals surface area contributed by atoms with Gasteiger partial charge >= 0.3 is 11.9 Å². The summed E-state index contributed by atoms with van der Waals surface area (Å²) in [5.74, 6) is -5.65. The number of carbonyl (C=O) groups excluding carboxylic acids is 1. The van der Waals surface area contributed by atoms with Crippen molar-refractivity contribution in [3.8, 4) is 0 Å². The summed E-state index contributed by atoms with van der Waals surface area (Å²) in [5.41, 5.74) is 0.996. The van der Waals surface area contributed by atoms with Crippen molar-refractivity contribution in [2.45, 2.75) is 38.7 Å². The summed E-state index contributed by atoms with van der Waals surface area (Å²) in [6.45, 7) is 3.29. The highest BCUT2D eigenvalue weighted by atomic mass is 19.3. The van der Waals surface area contributed by atoms with E-state index in [9.17, 15) is 18.7 Å². The van der Waals surface area contributed by atoms with Gasteiger partial charge < -0.3 is 9.84 Å². The monoisotopic (exact) mass is 272 g/mol. The van der Waals surface area contributed by atoms with Crippen molar-refractivity contribution in [1.29, 1.82) is 0 Å². The van der Waals surface area contributed by atoms with Gasteiger partial charge in [-0.1, -0.05) is 37.6 Å². The van der Waals surface area contributed by atoms with Crippen LogP contribution in [0.15, 0.2) is 24.3 Å². The van der Waals surface area contributed by atoms with Crippen LogP contribution in [0.2, 0.25) is 0 Å². The molecular weight excluding hydrogens is 254 g/mol. The van der Waals surface area contributed by atoms with Gasteiger partial charge in [-0.05, 0) is 24.5 Å². The minimum Gasteiger partial charge on any atom is -0.461 e. The molecular formula is C14H18F2O3. The molecule has 0 spiro atoms. The number of ether oxygens (including phenoxy) is 1. The molecule has 0 amide bonds. The normalized spacial score (nSPS) is 13.1. The Morgan fingerprint density at radius 1 is 1.32 bits per heavy atom. The van der Waals surface area contributed by atoms with Crippen molar-refractivity contribution in [2.24, 2.45) is 0 Å². The zero-order chi connectivity index (χ0) is 14.5. The Bertz CT molecular complexity index is 415. The zero-order valence-electron chi connectivity index (χ0n) is 11.0. The van der Waals surface area contributed by atoms with Crippen molar-refractivity contribution in [3.63, 3.8) is 0 Å². The predicted octanol–water partition coefficient (Wildman–Crippen LogP) is 2.87. The van der Waals surface area contributed by atoms with Crippen LogP contribution in [0.4, 0.5) is 8.78 Å². The third kappa shape index (κ3) is 3.73. The molecule has 1 aromatic carbocycles. The minimum atomic E-state index is -3.94. The summed E-state index contributed by atoms with van der Waals surface area (Å²) in [6.07, 6.45) is -0.409. The van der Waals surface area contributed by atoms with Crippen molar-refractivity contribution in [1.82, 2.24) is 0 Å². The van der Waals surface area contributed by atoms with Gasteiger partial charge in [0.25, 0.3) is 0 Å². The van der Waals surface area contributed by atoms with Crippen molar-refractivity contribution >= 4 is 5.97 Å². The fourth-order valence-corrected chi connectivity index (χ4v) is 1.70. The second-order valence-corrected chi connectivity index (χ2v) is 4.24. The first-order valence-electron chi connectivity index (χ1n) is 6.25. The van der Waals surface area contributed by atoms with Crippen LogP contribution in [0.3, 0.4) is 0 Å². The first kappa shape index (κ1) is 15.6. The molecule has 0 aliphatic carbocycles. The van der Waals surface area contributed by atoms with Crippen LogP contribution in [-0.4, -0.2) is 23.6 Å². The van der Waals surface area contributed by atoms with Crippen LogP contribution >= 0.6 is 0 Å². The molecule has 0 fully saturated rings. The van der Waals surface area contributed by atoms with Crippen LogP contribution < -0.4 is 0 Å². The van der Waals surface area contributed by atoms with Gasteiger partial charge in [-0.25, -0.2) is 4.79 Å². The molecule has 1 unspecified atom stereocenters. The van der Waals surface area contributed by atoms with E-state index < -0.39 is 18.0 Å². The number of aliphatic hydroxyl groups is 1. The van der Waals surface area contributed by atoms with E-state index in [1.165, 1.54) is 19.1 Å². The number of aliphatic hydroxyl groups excluding tert-OH is 1. The summed E-state index contributed by atoms with van der Waals surface area (Å²) in [6, 6.07) is 6.15. The Labute approximate surface area is 111 Å². The Morgan fingerprint density at radius 3 is 2.37 bits per heavy atom. The Morgan fingerprint density at radius 2 is 1.89 bits per heavy atom. The maximum atomic E-state index is 13.6. The first-order valence-corrected chi connectivity index (χ1v) is 6.25. The maximum absolute atomic E-state index is 13.6. The highest BCUT2D eigenvalue weighted by molar-refractivity contribution is 5.78. The highest BCUT2D eigenvalue weighted by Gasteiger charge is 2.48. The lowest BCUT2D eigenvalue weighted by Crippen LogP contribution is -2.37. The molecule has 0 radical (unpaired) electrons. The molecule has 1 N–H and O–H groups in total. The summed E-state index contributed by atoms with van der Waals surface area (Å²) < 4.78 is 31.5. The SMILES string of the molecule is CCCc1ccc(C(O)C(F)(F)C(=O)OCC)cc1. The van der Waals surface area contributed by atoms with Gasteiger partial charge in [-0.15, -0.1) is 0 Å². The molecule has 19 heavy (non-hydrogen) atoms. The number of halogens is 2. The highest BCUT2D eigenvalue weighted by Crippen LogP contribution is 2.32. The number of benzene rings is 1. The molecule has 0 saturated heterocycles. The van der Waals surface area contributed by atoms with Gasteiger partial charge in [-0.2, -0.15) is 8.78 Å². The third-order valence-electron chi connectivity index (χ3n) is 2.73. The molecule has 0 bridgehead atoms. The number of aryl methyl sites for hydroxylation is 1. The second-order valence-electron chi connectivity index (χ2n) is 4.24. The van der Waals surface area contributed by atoms with Gasteiger partial charge in [0.2, 0.25) is 0 Å². The zero-order valence-corrected chi connectivity index (χ0v) is 11.0. The van der Waals surface area contributed by atoms with Gasteiger partial charge in [0.1, 0.15) is 0 Å². The van der Waals surface area contributed by atoms with E-state index in [1.54, 1.807) is 12.1 Å². The van der Waals surface area contributed by atoms with E-state index in [0.717, 1.165) is 18.4 Å². The smallest absolute Gasteiger partial charge is 0.380 e. The van der Waals surface area contributed by atoms with E-state index in [4.69, 9.17) is 0 Å². The molecule has 3 nitrogen and oxygen atoms in total. The molecule has 1 rings (SSSR count). The Balaban J connectivity index is 2.86. The number of esters is 1. The topological polar surface area (TPSA) is 46.5 Å². The summed E-state index contributed by atoms with van der Waals surface area (Å²) in [5, 5.41) is 9.62. The molecule has 0 aliphatic rings. The number of carbonyl (C=O) groups is 1. The summed E-state index contributed by atoms with van der Waals surface area (Å²) >= 11 is 0. The first-order chi connectivity index (χ1) is 8.93. The van der Waals surface area contributed by atoms with E-state index in [2.05, 4.69) is 4.74 Å². The molecule has 106 valence electrons. The number of hydrogen-bond acceptors (Lipinski definition) is 3. The van der Waals surface area contributed by atoms with Crippen molar-refractivity contribution in [3.05, 3.63) is 35.4 Å². The van der Waals surface area contributed by atoms with Crippen molar-refractivity contribution < 1.29 is 23.4 Å². The lowest BCUT2D eigenvalue weighted by atomic mass is 10.0. The molecule has 0 aliphatic heterocycles. The average Bonchev–Trinajstić information content (AvgIpc) is 2.39. The molecule has 0 aromatic heterocycles. The lowest BCUT2D eigenvalue weighted by molar-refractivity contribution is -0.189. The average molecular weight is 272 g/mol. The summed E-state index contributed by atoms with van der Waals surface area (Å²) in [7, 11) is 0. The minimum absolute atomic E-state index is 0.00194. The van der Waals surface area contributed by atoms with Gasteiger partial charge in [0.05, 0.1) is 6.61 Å². The maximum Gasteiger partial charge on any atom is 0.380 e. The molecule has 1 atom stereocenters. The van der Waals surface area contributed by atoms with E-state index in [-0.39, 0.29) is 12.2 Å². The number of alkyl halides is 2. The van der Waals surface area contributed by atoms with Crippen LogP contribution in [0.5, 0.6) is 0 Å². The quantitative estimate of drug-likeness (QED) is 0.810. The van der Waals surface area contributed by atoms with Crippen LogP contribution in [0.1, 0.15) is 37.5 Å². The third-order valence-corrected chi connectivity index (χ3v) is 2.73. The standard InChI is InChI=1S/C14H18F2O3/c1-3-5-10-6-8-11(9-7-10)12(17)14(15,16)13(18)19-4-2/h6-9,12,17H,3-5H2,1-2H3. The van der Waals surface area contributed by atoms with Gasteiger partial charge in [-0.3, -0.25) is 0 Å². The Kier molecular flexibility index (Phi) is 5.42. The molecule has 5 heteroatoms. The van der Waals surface area contributed by atoms with Gasteiger partial charge in [0.15, 0.2) is 6.10 Å². The van der Waals surface area contributed by atoms with Gasteiger partial charge in [0, 0.05) is 0 Å². The van der Waals surface area contributed by atoms with Crippen LogP contribution in [0.25, 0.3) is 0 Å². The van der Waals surface area contributed by atoms with E-state index in [0.29, 0.717) is 0 Å². The fraction of sp³-hybridized carbons (Fsp3) is 0.500. The van der Waals surface area contributed by atoms with Crippen LogP contribution in [0, 0.1) is 0 Å².